The van der Waals surface area contributed by atoms with E-state index in [4.69, 9.17) is 9.47 Å². The monoisotopic (exact) mass is 392 g/mol. The van der Waals surface area contributed by atoms with Gasteiger partial charge in [-0.05, 0) is 57.4 Å². The summed E-state index contributed by atoms with van der Waals surface area (Å²) in [5.41, 5.74) is 3.99. The van der Waals surface area contributed by atoms with E-state index in [1.54, 1.807) is 25.3 Å². The normalized spacial score (nSPS) is 10.6. The largest absolute Gasteiger partial charge is 0.504 e. The van der Waals surface area contributed by atoms with Gasteiger partial charge in [-0.2, -0.15) is 5.10 Å². The fourth-order valence-corrected chi connectivity index (χ4v) is 2.59. The van der Waals surface area contributed by atoms with Crippen LogP contribution in [0.15, 0.2) is 46.0 Å². The third-order valence-corrected chi connectivity index (χ3v) is 3.81. The molecule has 0 radical (unpaired) electrons. The van der Waals surface area contributed by atoms with Crippen LogP contribution in [0.5, 0.6) is 17.2 Å². The van der Waals surface area contributed by atoms with Crippen LogP contribution in [0.25, 0.3) is 0 Å². The van der Waals surface area contributed by atoms with Gasteiger partial charge < -0.3 is 14.6 Å². The third-order valence-electron chi connectivity index (χ3n) is 3.19. The van der Waals surface area contributed by atoms with Crippen molar-refractivity contribution >= 4 is 28.1 Å². The van der Waals surface area contributed by atoms with Gasteiger partial charge in [-0.1, -0.05) is 6.07 Å². The highest BCUT2D eigenvalue weighted by Gasteiger charge is 2.06. The molecule has 0 aromatic heterocycles. The lowest BCUT2D eigenvalue weighted by molar-refractivity contribution is -0.120. The molecule has 0 unspecified atom stereocenters. The smallest absolute Gasteiger partial charge is 0.244 e. The molecule has 126 valence electrons. The molecular weight excluding hydrogens is 376 g/mol. The Balaban J connectivity index is 1.94. The molecule has 0 spiro atoms. The van der Waals surface area contributed by atoms with Crippen molar-refractivity contribution in [1.82, 2.24) is 5.43 Å². The molecule has 0 saturated heterocycles. The first-order chi connectivity index (χ1) is 11.5. The van der Waals surface area contributed by atoms with Crippen molar-refractivity contribution in [2.45, 2.75) is 6.42 Å². The van der Waals surface area contributed by atoms with Crippen LogP contribution in [0.4, 0.5) is 0 Å². The number of methoxy groups -OCH3 is 2. The van der Waals surface area contributed by atoms with Gasteiger partial charge in [-0.25, -0.2) is 5.43 Å². The average molecular weight is 393 g/mol. The number of hydrazone groups is 1. The minimum atomic E-state index is -0.242. The zero-order chi connectivity index (χ0) is 17.5. The summed E-state index contributed by atoms with van der Waals surface area (Å²) in [4.78, 5) is 11.9. The molecule has 2 aromatic rings. The number of phenolic OH excluding ortho intramolecular Hbond substituents is 1. The van der Waals surface area contributed by atoms with Crippen molar-refractivity contribution < 1.29 is 19.4 Å². The summed E-state index contributed by atoms with van der Waals surface area (Å²) >= 11 is 3.38. The topological polar surface area (TPSA) is 80.2 Å². The maximum absolute atomic E-state index is 11.9. The number of nitrogens with one attached hydrogen (secondary N) is 1. The SMILES string of the molecule is COc1cc(C=NNC(=O)Cc2ccc(OC)c(Br)c2)ccc1O. The Morgan fingerprint density at radius 1 is 1.21 bits per heavy atom. The number of halogens is 1. The lowest BCUT2D eigenvalue weighted by atomic mass is 10.1. The molecule has 0 saturated carbocycles. The molecule has 0 bridgehead atoms. The fourth-order valence-electron chi connectivity index (χ4n) is 2.00. The van der Waals surface area contributed by atoms with E-state index in [0.29, 0.717) is 17.1 Å². The van der Waals surface area contributed by atoms with Crippen LogP contribution in [-0.4, -0.2) is 31.4 Å². The molecule has 2 rings (SSSR count). The number of aromatic hydroxyl groups is 1. The van der Waals surface area contributed by atoms with E-state index in [9.17, 15) is 9.90 Å². The van der Waals surface area contributed by atoms with Crippen molar-refractivity contribution in [1.29, 1.82) is 0 Å². The van der Waals surface area contributed by atoms with Crippen LogP contribution in [0, 0.1) is 0 Å². The molecule has 7 heteroatoms. The minimum Gasteiger partial charge on any atom is -0.504 e. The predicted molar refractivity (Wildman–Crippen MR) is 94.8 cm³/mol. The summed E-state index contributed by atoms with van der Waals surface area (Å²) in [5, 5.41) is 13.4. The number of phenols is 1. The van der Waals surface area contributed by atoms with Gasteiger partial charge >= 0.3 is 0 Å². The van der Waals surface area contributed by atoms with E-state index in [1.807, 2.05) is 12.1 Å². The second-order valence-corrected chi connectivity index (χ2v) is 5.72. The molecule has 0 fully saturated rings. The van der Waals surface area contributed by atoms with Gasteiger partial charge in [0.25, 0.3) is 0 Å². The maximum Gasteiger partial charge on any atom is 0.244 e. The molecule has 6 nitrogen and oxygen atoms in total. The van der Waals surface area contributed by atoms with E-state index < -0.39 is 0 Å². The molecule has 2 aromatic carbocycles. The quantitative estimate of drug-likeness (QED) is 0.584. The zero-order valence-corrected chi connectivity index (χ0v) is 14.8. The summed E-state index contributed by atoms with van der Waals surface area (Å²) in [7, 11) is 3.05. The molecule has 0 aliphatic heterocycles. The van der Waals surface area contributed by atoms with E-state index in [1.165, 1.54) is 19.4 Å². The van der Waals surface area contributed by atoms with Gasteiger partial charge in [0.15, 0.2) is 11.5 Å². The Labute approximate surface area is 148 Å². The predicted octanol–water partition coefficient (Wildman–Crippen LogP) is 2.86. The van der Waals surface area contributed by atoms with Crippen LogP contribution in [-0.2, 0) is 11.2 Å². The van der Waals surface area contributed by atoms with Crippen molar-refractivity contribution in [2.24, 2.45) is 5.10 Å². The van der Waals surface area contributed by atoms with E-state index in [2.05, 4.69) is 26.5 Å². The molecular formula is C17H17BrN2O4. The number of amides is 1. The summed E-state index contributed by atoms with van der Waals surface area (Å²) in [6.07, 6.45) is 1.67. The molecule has 1 amide bonds. The lowest BCUT2D eigenvalue weighted by Gasteiger charge is -2.06. The summed E-state index contributed by atoms with van der Waals surface area (Å²) in [6, 6.07) is 10.2. The number of rotatable bonds is 6. The van der Waals surface area contributed by atoms with Crippen LogP contribution < -0.4 is 14.9 Å². The second-order valence-electron chi connectivity index (χ2n) is 4.87. The number of nitrogens with zero attached hydrogens (tertiary/aromatic N) is 1. The average Bonchev–Trinajstić information content (AvgIpc) is 2.56. The standard InChI is InChI=1S/C17H17BrN2O4/c1-23-15-6-4-11(7-13(15)18)9-17(22)20-19-10-12-3-5-14(21)16(8-12)24-2/h3-8,10,21H,9H2,1-2H3,(H,20,22). The summed E-state index contributed by atoms with van der Waals surface area (Å²) in [5.74, 6) is 0.852. The minimum absolute atomic E-state index is 0.0452. The van der Waals surface area contributed by atoms with Crippen LogP contribution in [0.1, 0.15) is 11.1 Å². The highest BCUT2D eigenvalue weighted by molar-refractivity contribution is 9.10. The zero-order valence-electron chi connectivity index (χ0n) is 13.2. The first-order valence-electron chi connectivity index (χ1n) is 7.05. The van der Waals surface area contributed by atoms with E-state index in [0.717, 1.165) is 10.0 Å². The van der Waals surface area contributed by atoms with Gasteiger partial charge in [0.05, 0.1) is 31.3 Å². The lowest BCUT2D eigenvalue weighted by Crippen LogP contribution is -2.19. The molecule has 0 atom stereocenters. The highest BCUT2D eigenvalue weighted by Crippen LogP contribution is 2.26. The Morgan fingerprint density at radius 3 is 2.62 bits per heavy atom. The van der Waals surface area contributed by atoms with Gasteiger partial charge in [-0.15, -0.1) is 0 Å². The van der Waals surface area contributed by atoms with E-state index in [-0.39, 0.29) is 18.1 Å². The van der Waals surface area contributed by atoms with Crippen molar-refractivity contribution in [2.75, 3.05) is 14.2 Å². The Morgan fingerprint density at radius 2 is 1.96 bits per heavy atom. The molecule has 24 heavy (non-hydrogen) atoms. The first-order valence-corrected chi connectivity index (χ1v) is 7.84. The Hall–Kier alpha value is -2.54. The number of benzene rings is 2. The van der Waals surface area contributed by atoms with Gasteiger partial charge in [0.2, 0.25) is 5.91 Å². The molecule has 0 aliphatic rings. The number of carbonyl (C=O) groups excluding carboxylic acids is 1. The Kier molecular flexibility index (Phi) is 6.20. The van der Waals surface area contributed by atoms with Gasteiger partial charge in [0, 0.05) is 0 Å². The van der Waals surface area contributed by atoms with Crippen molar-refractivity contribution in [3.05, 3.63) is 52.0 Å². The molecule has 2 N–H and O–H groups in total. The molecule has 0 heterocycles. The number of ether oxygens (including phenoxy) is 2. The highest BCUT2D eigenvalue weighted by atomic mass is 79.9. The fraction of sp³-hybridized carbons (Fsp3) is 0.176. The molecule has 0 aliphatic carbocycles. The van der Waals surface area contributed by atoms with Crippen LogP contribution in [0.2, 0.25) is 0 Å². The summed E-state index contributed by atoms with van der Waals surface area (Å²) < 4.78 is 10.9. The van der Waals surface area contributed by atoms with Gasteiger partial charge in [0.1, 0.15) is 5.75 Å². The van der Waals surface area contributed by atoms with Gasteiger partial charge in [-0.3, -0.25) is 4.79 Å². The van der Waals surface area contributed by atoms with Crippen molar-refractivity contribution in [3.63, 3.8) is 0 Å². The Bertz CT molecular complexity index is 762. The van der Waals surface area contributed by atoms with Crippen LogP contribution in [0.3, 0.4) is 0 Å². The number of hydrogen-bond donors (Lipinski definition) is 2. The maximum atomic E-state index is 11.9. The van der Waals surface area contributed by atoms with Crippen LogP contribution >= 0.6 is 15.9 Å². The second kappa shape index (κ2) is 8.35. The number of hydrogen-bond acceptors (Lipinski definition) is 5. The third kappa shape index (κ3) is 4.73. The summed E-state index contributed by atoms with van der Waals surface area (Å²) in [6.45, 7) is 0. The number of carbonyl (C=O) groups is 1. The van der Waals surface area contributed by atoms with Crippen molar-refractivity contribution in [3.8, 4) is 17.2 Å². The first kappa shape index (κ1) is 17.8. The van der Waals surface area contributed by atoms with E-state index >= 15 is 0 Å².